The van der Waals surface area contributed by atoms with E-state index in [2.05, 4.69) is 4.98 Å². The molecule has 18 heavy (non-hydrogen) atoms. The molecule has 0 saturated carbocycles. The van der Waals surface area contributed by atoms with Gasteiger partial charge in [0.05, 0.1) is 12.1 Å². The molecule has 0 bridgehead atoms. The largest absolute Gasteiger partial charge is 0.491 e. The minimum atomic E-state index is -0.124. The van der Waals surface area contributed by atoms with Gasteiger partial charge in [-0.3, -0.25) is 4.98 Å². The van der Waals surface area contributed by atoms with Crippen LogP contribution in [0.2, 0.25) is 0 Å². The van der Waals surface area contributed by atoms with Crippen molar-refractivity contribution in [3.63, 3.8) is 0 Å². The van der Waals surface area contributed by atoms with Crippen molar-refractivity contribution in [2.75, 3.05) is 0 Å². The molecule has 0 fully saturated rings. The topological polar surface area (TPSA) is 48.1 Å². The van der Waals surface area contributed by atoms with Gasteiger partial charge in [-0.15, -0.1) is 0 Å². The summed E-state index contributed by atoms with van der Waals surface area (Å²) in [6.07, 6.45) is 3.70. The molecule has 3 heteroatoms. The maximum absolute atomic E-state index is 6.20. The first-order valence-electron chi connectivity index (χ1n) is 6.09. The molecule has 94 valence electrons. The van der Waals surface area contributed by atoms with Gasteiger partial charge in [0.2, 0.25) is 0 Å². The van der Waals surface area contributed by atoms with Crippen molar-refractivity contribution in [1.82, 2.24) is 4.98 Å². The predicted molar refractivity (Wildman–Crippen MR) is 72.5 cm³/mol. The minimum absolute atomic E-state index is 0.124. The zero-order valence-electron chi connectivity index (χ0n) is 10.7. The number of rotatable bonds is 4. The van der Waals surface area contributed by atoms with Crippen LogP contribution >= 0.6 is 0 Å². The fraction of sp³-hybridized carbons (Fsp3) is 0.267. The summed E-state index contributed by atoms with van der Waals surface area (Å²) in [5.74, 6) is 0.871. The summed E-state index contributed by atoms with van der Waals surface area (Å²) in [6, 6.07) is 11.7. The van der Waals surface area contributed by atoms with E-state index >= 15 is 0 Å². The maximum atomic E-state index is 6.20. The highest BCUT2D eigenvalue weighted by atomic mass is 16.5. The summed E-state index contributed by atoms with van der Waals surface area (Å²) in [5.41, 5.74) is 8.32. The Morgan fingerprint density at radius 2 is 1.50 bits per heavy atom. The molecule has 0 saturated heterocycles. The van der Waals surface area contributed by atoms with Gasteiger partial charge >= 0.3 is 0 Å². The van der Waals surface area contributed by atoms with Gasteiger partial charge in [0.15, 0.2) is 0 Å². The minimum Gasteiger partial charge on any atom is -0.491 e. The van der Waals surface area contributed by atoms with Crippen LogP contribution in [0.3, 0.4) is 0 Å². The van der Waals surface area contributed by atoms with Crippen LogP contribution in [0.4, 0.5) is 0 Å². The molecule has 0 spiro atoms. The molecule has 1 aromatic heterocycles. The Morgan fingerprint density at radius 3 is 2.06 bits per heavy atom. The molecular weight excluding hydrogens is 224 g/mol. The van der Waals surface area contributed by atoms with Crippen molar-refractivity contribution in [3.8, 4) is 5.75 Å². The first kappa shape index (κ1) is 12.6. The Hall–Kier alpha value is -1.87. The lowest BCUT2D eigenvalue weighted by molar-refractivity contribution is 0.242. The molecule has 2 rings (SSSR count). The number of pyridine rings is 1. The highest BCUT2D eigenvalue weighted by Gasteiger charge is 2.08. The van der Waals surface area contributed by atoms with Crippen molar-refractivity contribution in [1.29, 1.82) is 0 Å². The molecule has 1 aromatic carbocycles. The van der Waals surface area contributed by atoms with Crippen LogP contribution in [0.15, 0.2) is 48.8 Å². The lowest BCUT2D eigenvalue weighted by Gasteiger charge is -2.14. The molecule has 0 aliphatic heterocycles. The monoisotopic (exact) mass is 242 g/mol. The molecular formula is C15H18N2O. The van der Waals surface area contributed by atoms with Crippen LogP contribution in [0.5, 0.6) is 5.75 Å². The number of hydrogen-bond donors (Lipinski definition) is 1. The van der Waals surface area contributed by atoms with E-state index in [9.17, 15) is 0 Å². The van der Waals surface area contributed by atoms with E-state index in [0.29, 0.717) is 0 Å². The quantitative estimate of drug-likeness (QED) is 0.896. The number of ether oxygens (including phenoxy) is 1. The third-order valence-corrected chi connectivity index (χ3v) is 2.68. The van der Waals surface area contributed by atoms with Gasteiger partial charge < -0.3 is 10.5 Å². The number of aromatic nitrogens is 1. The molecule has 0 aliphatic carbocycles. The molecule has 1 unspecified atom stereocenters. The van der Waals surface area contributed by atoms with Crippen LogP contribution in [-0.4, -0.2) is 11.1 Å². The normalized spacial score (nSPS) is 12.4. The van der Waals surface area contributed by atoms with Gasteiger partial charge in [-0.05, 0) is 49.2 Å². The first-order chi connectivity index (χ1) is 8.66. The van der Waals surface area contributed by atoms with Gasteiger partial charge in [0, 0.05) is 12.4 Å². The Bertz CT molecular complexity index is 480. The van der Waals surface area contributed by atoms with Gasteiger partial charge in [-0.1, -0.05) is 12.1 Å². The Kier molecular flexibility index (Phi) is 3.95. The van der Waals surface area contributed by atoms with Crippen molar-refractivity contribution < 1.29 is 4.74 Å². The van der Waals surface area contributed by atoms with Gasteiger partial charge in [-0.25, -0.2) is 0 Å². The van der Waals surface area contributed by atoms with E-state index in [1.807, 2.05) is 50.2 Å². The molecule has 0 radical (unpaired) electrons. The van der Waals surface area contributed by atoms with Gasteiger partial charge in [0.1, 0.15) is 5.75 Å². The third kappa shape index (κ3) is 3.08. The van der Waals surface area contributed by atoms with Gasteiger partial charge in [0.25, 0.3) is 0 Å². The number of benzene rings is 1. The molecule has 0 amide bonds. The Labute approximate surface area is 108 Å². The molecule has 1 atom stereocenters. The van der Waals surface area contributed by atoms with Crippen LogP contribution in [0, 0.1) is 0 Å². The lowest BCUT2D eigenvalue weighted by atomic mass is 10.0. The lowest BCUT2D eigenvalue weighted by Crippen LogP contribution is -2.12. The summed E-state index contributed by atoms with van der Waals surface area (Å²) >= 11 is 0. The third-order valence-electron chi connectivity index (χ3n) is 2.68. The molecule has 1 heterocycles. The van der Waals surface area contributed by atoms with E-state index in [0.717, 1.165) is 16.9 Å². The van der Waals surface area contributed by atoms with Crippen molar-refractivity contribution in [2.45, 2.75) is 26.0 Å². The van der Waals surface area contributed by atoms with Crippen LogP contribution in [-0.2, 0) is 0 Å². The standard InChI is InChI=1S/C15H18N2O/c1-11(2)18-14-5-3-12(4-6-14)15(16)13-7-9-17-10-8-13/h3-11,15H,16H2,1-2H3. The highest BCUT2D eigenvalue weighted by molar-refractivity contribution is 5.34. The SMILES string of the molecule is CC(C)Oc1ccc(C(N)c2ccncc2)cc1. The summed E-state index contributed by atoms with van der Waals surface area (Å²) in [7, 11) is 0. The van der Waals surface area contributed by atoms with Crippen LogP contribution in [0.25, 0.3) is 0 Å². The van der Waals surface area contributed by atoms with E-state index in [4.69, 9.17) is 10.5 Å². The van der Waals surface area contributed by atoms with E-state index in [1.54, 1.807) is 12.4 Å². The second kappa shape index (κ2) is 5.65. The van der Waals surface area contributed by atoms with E-state index < -0.39 is 0 Å². The number of hydrogen-bond acceptors (Lipinski definition) is 3. The second-order valence-corrected chi connectivity index (χ2v) is 4.49. The summed E-state index contributed by atoms with van der Waals surface area (Å²) in [6.45, 7) is 4.02. The Morgan fingerprint density at radius 1 is 0.944 bits per heavy atom. The second-order valence-electron chi connectivity index (χ2n) is 4.49. The van der Waals surface area contributed by atoms with Crippen LogP contribution < -0.4 is 10.5 Å². The van der Waals surface area contributed by atoms with Crippen molar-refractivity contribution >= 4 is 0 Å². The smallest absolute Gasteiger partial charge is 0.119 e. The molecule has 2 aromatic rings. The fourth-order valence-electron chi connectivity index (χ4n) is 1.79. The zero-order chi connectivity index (χ0) is 13.0. The fourth-order valence-corrected chi connectivity index (χ4v) is 1.79. The average molecular weight is 242 g/mol. The zero-order valence-corrected chi connectivity index (χ0v) is 10.7. The van der Waals surface area contributed by atoms with Crippen molar-refractivity contribution in [3.05, 3.63) is 59.9 Å². The molecule has 0 aliphatic rings. The first-order valence-corrected chi connectivity index (χ1v) is 6.09. The molecule has 2 N–H and O–H groups in total. The van der Waals surface area contributed by atoms with E-state index in [-0.39, 0.29) is 12.1 Å². The average Bonchev–Trinajstić information content (AvgIpc) is 2.39. The van der Waals surface area contributed by atoms with Gasteiger partial charge in [-0.2, -0.15) is 0 Å². The summed E-state index contributed by atoms with van der Waals surface area (Å²) < 4.78 is 5.60. The summed E-state index contributed by atoms with van der Waals surface area (Å²) in [5, 5.41) is 0. The Balaban J connectivity index is 2.14. The maximum Gasteiger partial charge on any atom is 0.119 e. The number of nitrogens with zero attached hydrogens (tertiary/aromatic N) is 1. The van der Waals surface area contributed by atoms with Crippen molar-refractivity contribution in [2.24, 2.45) is 5.73 Å². The summed E-state index contributed by atoms with van der Waals surface area (Å²) in [4.78, 5) is 3.99. The van der Waals surface area contributed by atoms with Crippen LogP contribution in [0.1, 0.15) is 31.0 Å². The molecule has 3 nitrogen and oxygen atoms in total. The van der Waals surface area contributed by atoms with E-state index in [1.165, 1.54) is 0 Å². The predicted octanol–water partition coefficient (Wildman–Crippen LogP) is 2.92. The highest BCUT2D eigenvalue weighted by Crippen LogP contribution is 2.21. The number of nitrogens with two attached hydrogens (primary N) is 1.